The van der Waals surface area contributed by atoms with Gasteiger partial charge in [0.1, 0.15) is 0 Å². The number of carbonyl (C=O) groups excluding carboxylic acids is 1. The summed E-state index contributed by atoms with van der Waals surface area (Å²) in [7, 11) is 1.83. The molecule has 0 saturated heterocycles. The Morgan fingerprint density at radius 1 is 1.43 bits per heavy atom. The molecule has 21 heavy (non-hydrogen) atoms. The van der Waals surface area contributed by atoms with E-state index in [1.54, 1.807) is 11.3 Å². The highest BCUT2D eigenvalue weighted by atomic mass is 79.9. The number of aryl methyl sites for hydroxylation is 1. The summed E-state index contributed by atoms with van der Waals surface area (Å²) in [4.78, 5) is 17.3. The van der Waals surface area contributed by atoms with E-state index in [2.05, 4.69) is 43.7 Å². The van der Waals surface area contributed by atoms with Gasteiger partial charge in [-0.05, 0) is 31.7 Å². The average Bonchev–Trinajstić information content (AvgIpc) is 2.76. The first-order chi connectivity index (χ1) is 10.1. The quantitative estimate of drug-likeness (QED) is 0.822. The lowest BCUT2D eigenvalue weighted by molar-refractivity contribution is -0.116. The van der Waals surface area contributed by atoms with E-state index in [0.29, 0.717) is 18.1 Å². The monoisotopic (exact) mass is 367 g/mol. The maximum absolute atomic E-state index is 11.7. The first-order valence-corrected chi connectivity index (χ1v) is 8.34. The van der Waals surface area contributed by atoms with Gasteiger partial charge < -0.3 is 10.6 Å². The Bertz CT molecular complexity index is 627. The van der Waals surface area contributed by atoms with E-state index in [9.17, 15) is 4.79 Å². The van der Waals surface area contributed by atoms with Crippen LogP contribution in [0.4, 0.5) is 5.13 Å². The van der Waals surface area contributed by atoms with Crippen molar-refractivity contribution >= 4 is 38.3 Å². The van der Waals surface area contributed by atoms with Crippen LogP contribution in [-0.2, 0) is 11.2 Å². The molecule has 2 rings (SSSR count). The molecule has 1 heterocycles. The SMILES string of the molecule is CNCCC(=O)Nc1nc(C)c(Cc2cccc(Br)c2)s1. The molecule has 0 aliphatic heterocycles. The topological polar surface area (TPSA) is 54.0 Å². The van der Waals surface area contributed by atoms with E-state index in [1.807, 2.05) is 26.1 Å². The number of rotatable bonds is 6. The normalized spacial score (nSPS) is 10.6. The number of benzene rings is 1. The Balaban J connectivity index is 2.03. The number of carbonyl (C=O) groups is 1. The molecule has 0 atom stereocenters. The van der Waals surface area contributed by atoms with E-state index in [0.717, 1.165) is 16.6 Å². The molecule has 0 aliphatic carbocycles. The Morgan fingerprint density at radius 2 is 2.24 bits per heavy atom. The van der Waals surface area contributed by atoms with Crippen LogP contribution in [0.1, 0.15) is 22.6 Å². The fourth-order valence-corrected chi connectivity index (χ4v) is 3.36. The second-order valence-corrected chi connectivity index (χ2v) is 6.74. The third-order valence-corrected chi connectivity index (χ3v) is 4.56. The van der Waals surface area contributed by atoms with Gasteiger partial charge in [0.2, 0.25) is 5.91 Å². The lowest BCUT2D eigenvalue weighted by atomic mass is 10.1. The summed E-state index contributed by atoms with van der Waals surface area (Å²) in [6.45, 7) is 2.65. The number of nitrogens with one attached hydrogen (secondary N) is 2. The molecule has 4 nitrogen and oxygen atoms in total. The van der Waals surface area contributed by atoms with Crippen LogP contribution in [-0.4, -0.2) is 24.5 Å². The highest BCUT2D eigenvalue weighted by Crippen LogP contribution is 2.26. The van der Waals surface area contributed by atoms with Crippen molar-refractivity contribution in [3.63, 3.8) is 0 Å². The van der Waals surface area contributed by atoms with Crippen LogP contribution in [0.15, 0.2) is 28.7 Å². The van der Waals surface area contributed by atoms with Crippen molar-refractivity contribution < 1.29 is 4.79 Å². The third-order valence-electron chi connectivity index (χ3n) is 2.99. The Labute approximate surface area is 137 Å². The Kier molecular flexibility index (Phi) is 5.90. The molecule has 1 aromatic heterocycles. The van der Waals surface area contributed by atoms with Crippen LogP contribution in [0, 0.1) is 6.92 Å². The number of hydrogen-bond donors (Lipinski definition) is 2. The average molecular weight is 368 g/mol. The van der Waals surface area contributed by atoms with Gasteiger partial charge in [-0.3, -0.25) is 4.79 Å². The summed E-state index contributed by atoms with van der Waals surface area (Å²) in [5.74, 6) is -0.00731. The smallest absolute Gasteiger partial charge is 0.227 e. The van der Waals surface area contributed by atoms with Gasteiger partial charge >= 0.3 is 0 Å². The van der Waals surface area contributed by atoms with Gasteiger partial charge in [0.25, 0.3) is 0 Å². The largest absolute Gasteiger partial charge is 0.319 e. The Morgan fingerprint density at radius 3 is 2.95 bits per heavy atom. The molecule has 0 spiro atoms. The Hall–Kier alpha value is -1.24. The molecule has 1 amide bonds. The van der Waals surface area contributed by atoms with Gasteiger partial charge in [0.05, 0.1) is 5.69 Å². The fraction of sp³-hybridized carbons (Fsp3) is 0.333. The zero-order valence-electron chi connectivity index (χ0n) is 12.1. The van der Waals surface area contributed by atoms with Crippen LogP contribution in [0.3, 0.4) is 0 Å². The van der Waals surface area contributed by atoms with Gasteiger partial charge in [0, 0.05) is 28.7 Å². The lowest BCUT2D eigenvalue weighted by Crippen LogP contribution is -2.18. The molecule has 6 heteroatoms. The minimum atomic E-state index is -0.00731. The van der Waals surface area contributed by atoms with E-state index >= 15 is 0 Å². The van der Waals surface area contributed by atoms with Gasteiger partial charge in [-0.25, -0.2) is 4.98 Å². The lowest BCUT2D eigenvalue weighted by Gasteiger charge is -2.01. The van der Waals surface area contributed by atoms with E-state index in [4.69, 9.17) is 0 Å². The third kappa shape index (κ3) is 4.91. The minimum Gasteiger partial charge on any atom is -0.319 e. The molecule has 0 radical (unpaired) electrons. The molecule has 0 aliphatic rings. The predicted molar refractivity (Wildman–Crippen MR) is 91.0 cm³/mol. The summed E-state index contributed by atoms with van der Waals surface area (Å²) in [5.41, 5.74) is 2.20. The highest BCUT2D eigenvalue weighted by molar-refractivity contribution is 9.10. The number of halogens is 1. The van der Waals surface area contributed by atoms with Crippen LogP contribution in [0.25, 0.3) is 0 Å². The molecule has 0 fully saturated rings. The first-order valence-electron chi connectivity index (χ1n) is 6.73. The summed E-state index contributed by atoms with van der Waals surface area (Å²) in [6.07, 6.45) is 1.28. The van der Waals surface area contributed by atoms with Crippen molar-refractivity contribution in [2.24, 2.45) is 0 Å². The maximum atomic E-state index is 11.7. The second-order valence-electron chi connectivity index (χ2n) is 4.74. The van der Waals surface area contributed by atoms with Crippen molar-refractivity contribution in [2.75, 3.05) is 18.9 Å². The van der Waals surface area contributed by atoms with Gasteiger partial charge in [0.15, 0.2) is 5.13 Å². The van der Waals surface area contributed by atoms with Crippen LogP contribution in [0.2, 0.25) is 0 Å². The number of amides is 1. The number of aromatic nitrogens is 1. The highest BCUT2D eigenvalue weighted by Gasteiger charge is 2.11. The zero-order valence-corrected chi connectivity index (χ0v) is 14.5. The molecule has 0 unspecified atom stereocenters. The van der Waals surface area contributed by atoms with Crippen molar-refractivity contribution in [3.05, 3.63) is 44.9 Å². The van der Waals surface area contributed by atoms with E-state index < -0.39 is 0 Å². The molecule has 2 N–H and O–H groups in total. The maximum Gasteiger partial charge on any atom is 0.227 e. The molecule has 1 aromatic carbocycles. The molecular weight excluding hydrogens is 350 g/mol. The number of nitrogens with zero attached hydrogens (tertiary/aromatic N) is 1. The summed E-state index contributed by atoms with van der Waals surface area (Å²) in [6, 6.07) is 8.23. The van der Waals surface area contributed by atoms with Crippen LogP contribution in [0.5, 0.6) is 0 Å². The van der Waals surface area contributed by atoms with Crippen molar-refractivity contribution in [3.8, 4) is 0 Å². The fourth-order valence-electron chi connectivity index (χ4n) is 1.90. The number of anilines is 1. The number of hydrogen-bond acceptors (Lipinski definition) is 4. The standard InChI is InChI=1S/C15H18BrN3OS/c1-10-13(9-11-4-3-5-12(16)8-11)21-15(18-10)19-14(20)6-7-17-2/h3-5,8,17H,6-7,9H2,1-2H3,(H,18,19,20). The van der Waals surface area contributed by atoms with Crippen molar-refractivity contribution in [2.45, 2.75) is 19.8 Å². The molecule has 112 valence electrons. The second kappa shape index (κ2) is 7.68. The van der Waals surface area contributed by atoms with Crippen molar-refractivity contribution in [1.29, 1.82) is 0 Å². The molecule has 2 aromatic rings. The van der Waals surface area contributed by atoms with Crippen molar-refractivity contribution in [1.82, 2.24) is 10.3 Å². The van der Waals surface area contributed by atoms with Gasteiger partial charge in [-0.1, -0.05) is 28.1 Å². The summed E-state index contributed by atoms with van der Waals surface area (Å²) < 4.78 is 1.07. The number of thiazole rings is 1. The summed E-state index contributed by atoms with van der Waals surface area (Å²) >= 11 is 5.02. The van der Waals surface area contributed by atoms with Gasteiger partial charge in [-0.2, -0.15) is 0 Å². The van der Waals surface area contributed by atoms with Gasteiger partial charge in [-0.15, -0.1) is 11.3 Å². The first kappa shape index (κ1) is 16.1. The molecule has 0 bridgehead atoms. The predicted octanol–water partition coefficient (Wildman–Crippen LogP) is 3.35. The van der Waals surface area contributed by atoms with E-state index in [-0.39, 0.29) is 5.91 Å². The van der Waals surface area contributed by atoms with Crippen LogP contribution >= 0.6 is 27.3 Å². The van der Waals surface area contributed by atoms with Crippen LogP contribution < -0.4 is 10.6 Å². The molecular formula is C15H18BrN3OS. The molecule has 0 saturated carbocycles. The van der Waals surface area contributed by atoms with E-state index in [1.165, 1.54) is 10.4 Å². The summed E-state index contributed by atoms with van der Waals surface area (Å²) in [5, 5.41) is 6.49. The minimum absolute atomic E-state index is 0.00731. The zero-order chi connectivity index (χ0) is 15.2.